The largest absolute Gasteiger partial charge is 0.350 e. The summed E-state index contributed by atoms with van der Waals surface area (Å²) in [4.78, 5) is 13.1. The Hall–Kier alpha value is -3.64. The van der Waals surface area contributed by atoms with Gasteiger partial charge in [0.05, 0.1) is 10.6 Å². The summed E-state index contributed by atoms with van der Waals surface area (Å²) in [6.45, 7) is 3.78. The van der Waals surface area contributed by atoms with Gasteiger partial charge in [0.25, 0.3) is 10.0 Å². The Morgan fingerprint density at radius 3 is 2.27 bits per heavy atom. The van der Waals surface area contributed by atoms with Crippen molar-refractivity contribution in [3.8, 4) is 0 Å². The molecule has 0 aliphatic carbocycles. The first-order valence-corrected chi connectivity index (χ1v) is 12.2. The molecule has 4 aromatic rings. The summed E-state index contributed by atoms with van der Waals surface area (Å²) in [6.07, 6.45) is 0. The Balaban J connectivity index is 1.60. The van der Waals surface area contributed by atoms with Gasteiger partial charge in [-0.3, -0.25) is 9.10 Å². The van der Waals surface area contributed by atoms with Crippen LogP contribution >= 0.6 is 0 Å². The van der Waals surface area contributed by atoms with Crippen LogP contribution in [0, 0.1) is 13.8 Å². The van der Waals surface area contributed by atoms with E-state index in [1.54, 1.807) is 42.5 Å². The van der Waals surface area contributed by atoms with E-state index in [2.05, 4.69) is 5.32 Å². The highest BCUT2D eigenvalue weighted by atomic mass is 32.2. The summed E-state index contributed by atoms with van der Waals surface area (Å²) >= 11 is 0. The fraction of sp³-hybridized carbons (Fsp3) is 0.148. The molecule has 1 amide bonds. The zero-order valence-electron chi connectivity index (χ0n) is 18.7. The van der Waals surface area contributed by atoms with Crippen LogP contribution in [0.4, 0.5) is 5.69 Å². The van der Waals surface area contributed by atoms with Crippen molar-refractivity contribution in [3.63, 3.8) is 0 Å². The molecule has 0 bridgehead atoms. The monoisotopic (exact) mass is 458 g/mol. The van der Waals surface area contributed by atoms with Crippen LogP contribution in [0.25, 0.3) is 10.8 Å². The summed E-state index contributed by atoms with van der Waals surface area (Å²) < 4.78 is 28.1. The first-order chi connectivity index (χ1) is 15.8. The van der Waals surface area contributed by atoms with Crippen LogP contribution in [-0.4, -0.2) is 20.9 Å². The molecular formula is C27H26N2O3S. The number of carbonyl (C=O) groups excluding carboxylic acids is 1. The quantitative estimate of drug-likeness (QED) is 0.425. The smallest absolute Gasteiger partial charge is 0.264 e. The van der Waals surface area contributed by atoms with Crippen LogP contribution < -0.4 is 9.62 Å². The second kappa shape index (κ2) is 9.46. The summed E-state index contributed by atoms with van der Waals surface area (Å²) in [6, 6.07) is 27.7. The Morgan fingerprint density at radius 1 is 0.818 bits per heavy atom. The molecule has 0 fully saturated rings. The van der Waals surface area contributed by atoms with Crippen LogP contribution in [0.5, 0.6) is 0 Å². The topological polar surface area (TPSA) is 66.5 Å². The molecule has 0 saturated heterocycles. The maximum absolute atomic E-state index is 13.5. The van der Waals surface area contributed by atoms with Gasteiger partial charge < -0.3 is 5.32 Å². The van der Waals surface area contributed by atoms with Gasteiger partial charge in [-0.1, -0.05) is 72.3 Å². The van der Waals surface area contributed by atoms with Crippen LogP contribution in [0.15, 0.2) is 95.9 Å². The minimum Gasteiger partial charge on any atom is -0.350 e. The average Bonchev–Trinajstić information content (AvgIpc) is 2.81. The molecule has 1 N–H and O–H groups in total. The number of nitrogens with one attached hydrogen (secondary N) is 1. The molecule has 0 radical (unpaired) electrons. The number of sulfonamides is 1. The van der Waals surface area contributed by atoms with Gasteiger partial charge in [-0.05, 0) is 60.0 Å². The number of hydrogen-bond donors (Lipinski definition) is 1. The van der Waals surface area contributed by atoms with Crippen LogP contribution in [0.1, 0.15) is 16.7 Å². The lowest BCUT2D eigenvalue weighted by molar-refractivity contribution is -0.119. The van der Waals surface area contributed by atoms with E-state index < -0.39 is 10.0 Å². The van der Waals surface area contributed by atoms with Gasteiger partial charge in [0.2, 0.25) is 5.91 Å². The zero-order chi connectivity index (χ0) is 23.4. The van der Waals surface area contributed by atoms with Crippen LogP contribution in [0.2, 0.25) is 0 Å². The van der Waals surface area contributed by atoms with Gasteiger partial charge in [0.1, 0.15) is 6.54 Å². The van der Waals surface area contributed by atoms with E-state index in [1.807, 2.05) is 62.4 Å². The molecule has 0 unspecified atom stereocenters. The molecule has 0 heterocycles. The van der Waals surface area contributed by atoms with Gasteiger partial charge in [-0.15, -0.1) is 0 Å². The van der Waals surface area contributed by atoms with E-state index in [1.165, 1.54) is 4.31 Å². The standard InChI is InChI=1S/C27H26N2O3S/c1-20-13-15-25(16-14-20)33(31,32)29(24-11-5-7-21(2)17-24)19-27(30)28-18-23-10-6-9-22-8-3-4-12-26(22)23/h3-17H,18-19H2,1-2H3,(H,28,30). The molecular weight excluding hydrogens is 432 g/mol. The third-order valence-corrected chi connectivity index (χ3v) is 7.33. The highest BCUT2D eigenvalue weighted by Crippen LogP contribution is 2.25. The molecule has 6 heteroatoms. The average molecular weight is 459 g/mol. The highest BCUT2D eigenvalue weighted by Gasteiger charge is 2.27. The third-order valence-electron chi connectivity index (χ3n) is 5.54. The van der Waals surface area contributed by atoms with E-state index in [-0.39, 0.29) is 17.3 Å². The number of benzene rings is 4. The van der Waals surface area contributed by atoms with E-state index in [0.717, 1.165) is 27.5 Å². The lowest BCUT2D eigenvalue weighted by Crippen LogP contribution is -2.40. The second-order valence-electron chi connectivity index (χ2n) is 8.08. The van der Waals surface area contributed by atoms with Crippen molar-refractivity contribution in [2.75, 3.05) is 10.8 Å². The molecule has 0 aliphatic rings. The molecule has 0 atom stereocenters. The van der Waals surface area contributed by atoms with Crippen molar-refractivity contribution in [3.05, 3.63) is 108 Å². The molecule has 4 aromatic carbocycles. The van der Waals surface area contributed by atoms with Crippen LogP contribution in [0.3, 0.4) is 0 Å². The minimum atomic E-state index is -3.93. The van der Waals surface area contributed by atoms with E-state index in [4.69, 9.17) is 0 Å². The molecule has 4 rings (SSSR count). The second-order valence-corrected chi connectivity index (χ2v) is 9.94. The molecule has 5 nitrogen and oxygen atoms in total. The predicted octanol–water partition coefficient (Wildman–Crippen LogP) is 4.97. The number of rotatable bonds is 7. The normalized spacial score (nSPS) is 11.3. The third kappa shape index (κ3) is 5.07. The van der Waals surface area contributed by atoms with Crippen molar-refractivity contribution in [2.24, 2.45) is 0 Å². The number of hydrogen-bond acceptors (Lipinski definition) is 3. The van der Waals surface area contributed by atoms with Gasteiger partial charge >= 0.3 is 0 Å². The molecule has 0 aromatic heterocycles. The van der Waals surface area contributed by atoms with Gasteiger partial charge in [0, 0.05) is 6.54 Å². The number of nitrogens with zero attached hydrogens (tertiary/aromatic N) is 1. The van der Waals surface area contributed by atoms with Gasteiger partial charge in [0.15, 0.2) is 0 Å². The molecule has 0 saturated carbocycles. The van der Waals surface area contributed by atoms with Crippen LogP contribution in [-0.2, 0) is 21.4 Å². The summed E-state index contributed by atoms with van der Waals surface area (Å²) in [5.41, 5.74) is 3.30. The number of anilines is 1. The van der Waals surface area contributed by atoms with E-state index in [0.29, 0.717) is 12.2 Å². The first kappa shape index (κ1) is 22.6. The Morgan fingerprint density at radius 2 is 1.52 bits per heavy atom. The van der Waals surface area contributed by atoms with Gasteiger partial charge in [-0.2, -0.15) is 0 Å². The Bertz CT molecular complexity index is 1390. The Kier molecular flexibility index (Phi) is 6.47. The van der Waals surface area contributed by atoms with Crippen molar-refractivity contribution < 1.29 is 13.2 Å². The van der Waals surface area contributed by atoms with Crippen molar-refractivity contribution in [1.29, 1.82) is 0 Å². The molecule has 0 aliphatic heterocycles. The lowest BCUT2D eigenvalue weighted by Gasteiger charge is -2.24. The van der Waals surface area contributed by atoms with Crippen molar-refractivity contribution >= 4 is 32.4 Å². The molecule has 168 valence electrons. The maximum atomic E-state index is 13.5. The van der Waals surface area contributed by atoms with Crippen molar-refractivity contribution in [1.82, 2.24) is 5.32 Å². The number of amides is 1. The zero-order valence-corrected chi connectivity index (χ0v) is 19.5. The SMILES string of the molecule is Cc1ccc(S(=O)(=O)N(CC(=O)NCc2cccc3ccccc23)c2cccc(C)c2)cc1. The maximum Gasteiger partial charge on any atom is 0.264 e. The summed E-state index contributed by atoms with van der Waals surface area (Å²) in [5.74, 6) is -0.375. The van der Waals surface area contributed by atoms with Gasteiger partial charge in [-0.25, -0.2) is 8.42 Å². The van der Waals surface area contributed by atoms with Crippen molar-refractivity contribution in [2.45, 2.75) is 25.3 Å². The van der Waals surface area contributed by atoms with E-state index >= 15 is 0 Å². The molecule has 0 spiro atoms. The fourth-order valence-electron chi connectivity index (χ4n) is 3.76. The minimum absolute atomic E-state index is 0.149. The number of fused-ring (bicyclic) bond motifs is 1. The summed E-state index contributed by atoms with van der Waals surface area (Å²) in [5, 5.41) is 5.04. The number of carbonyl (C=O) groups is 1. The van der Waals surface area contributed by atoms with E-state index in [9.17, 15) is 13.2 Å². The first-order valence-electron chi connectivity index (χ1n) is 10.7. The molecule has 33 heavy (non-hydrogen) atoms. The summed E-state index contributed by atoms with van der Waals surface area (Å²) in [7, 11) is -3.93. The Labute approximate surface area is 194 Å². The predicted molar refractivity (Wildman–Crippen MR) is 133 cm³/mol. The number of aryl methyl sites for hydroxylation is 2. The highest BCUT2D eigenvalue weighted by molar-refractivity contribution is 7.92. The fourth-order valence-corrected chi connectivity index (χ4v) is 5.18. The lowest BCUT2D eigenvalue weighted by atomic mass is 10.0.